The highest BCUT2D eigenvalue weighted by molar-refractivity contribution is 5.97. The van der Waals surface area contributed by atoms with Crippen molar-refractivity contribution in [1.29, 1.82) is 0 Å². The fraction of sp³-hybridized carbons (Fsp3) is 0.267. The Bertz CT molecular complexity index is 1570. The molecule has 12 heteroatoms. The average Bonchev–Trinajstić information content (AvgIpc) is 2.94. The highest BCUT2D eigenvalue weighted by Gasteiger charge is 2.42. The van der Waals surface area contributed by atoms with Gasteiger partial charge < -0.3 is 10.4 Å². The molecule has 0 spiro atoms. The number of hydrogen-bond donors (Lipinski definition) is 2. The minimum atomic E-state index is -4.76. The van der Waals surface area contributed by atoms with Crippen LogP contribution in [0.4, 0.5) is 26.3 Å². The van der Waals surface area contributed by atoms with Crippen LogP contribution in [0, 0.1) is 5.92 Å². The summed E-state index contributed by atoms with van der Waals surface area (Å²) in [6, 6.07) is 13.0. The Hall–Kier alpha value is -4.48. The number of carboxylic acid groups (broad SMARTS) is 1. The number of benzene rings is 3. The summed E-state index contributed by atoms with van der Waals surface area (Å²) in [5.41, 5.74) is 0.319. The van der Waals surface area contributed by atoms with E-state index < -0.39 is 41.8 Å². The molecule has 2 atom stereocenters. The highest BCUT2D eigenvalue weighted by atomic mass is 19.4. The fourth-order valence-electron chi connectivity index (χ4n) is 4.37. The minimum absolute atomic E-state index is 0.102. The summed E-state index contributed by atoms with van der Waals surface area (Å²) in [6.07, 6.45) is -8.41. The molecular formula is C30H25F6N3O3. The third-order valence-corrected chi connectivity index (χ3v) is 6.69. The van der Waals surface area contributed by atoms with Crippen molar-refractivity contribution < 1.29 is 41.0 Å². The molecule has 1 heterocycles. The number of halogens is 6. The zero-order chi connectivity index (χ0) is 30.7. The van der Waals surface area contributed by atoms with E-state index in [4.69, 9.17) is 0 Å². The van der Waals surface area contributed by atoms with Crippen molar-refractivity contribution in [2.75, 3.05) is 0 Å². The summed E-state index contributed by atoms with van der Waals surface area (Å²) >= 11 is 0. The van der Waals surface area contributed by atoms with Crippen LogP contribution >= 0.6 is 0 Å². The minimum Gasteiger partial charge on any atom is -0.481 e. The molecule has 0 aliphatic rings. The molecular weight excluding hydrogens is 564 g/mol. The molecule has 0 aliphatic heterocycles. The lowest BCUT2D eigenvalue weighted by atomic mass is 10.00. The van der Waals surface area contributed by atoms with Crippen molar-refractivity contribution in [3.05, 3.63) is 95.2 Å². The number of carbonyl (C=O) groups is 2. The lowest BCUT2D eigenvalue weighted by Crippen LogP contribution is -2.38. The third-order valence-electron chi connectivity index (χ3n) is 6.69. The van der Waals surface area contributed by atoms with Gasteiger partial charge in [0.25, 0.3) is 5.91 Å². The maximum atomic E-state index is 13.8. The van der Waals surface area contributed by atoms with Crippen molar-refractivity contribution in [3.8, 4) is 11.3 Å². The summed E-state index contributed by atoms with van der Waals surface area (Å²) in [6.45, 7) is 1.54. The normalized spacial score (nSPS) is 13.5. The van der Waals surface area contributed by atoms with E-state index in [0.29, 0.717) is 24.1 Å². The highest BCUT2D eigenvalue weighted by Crippen LogP contribution is 2.34. The monoisotopic (exact) mass is 589 g/mol. The van der Waals surface area contributed by atoms with Crippen LogP contribution in [0.5, 0.6) is 0 Å². The SMILES string of the molecule is CC(CCCc1nc2cc(C(=O)NC(c3ccccc3)C(F)(F)F)ccc2nc1-c1ccc(C(F)(F)F)cc1)C(=O)O. The summed E-state index contributed by atoms with van der Waals surface area (Å²) < 4.78 is 80.6. The zero-order valence-electron chi connectivity index (χ0n) is 22.1. The molecule has 1 amide bonds. The number of aryl methyl sites for hydroxylation is 1. The van der Waals surface area contributed by atoms with Gasteiger partial charge in [-0.1, -0.05) is 49.4 Å². The number of aliphatic carboxylic acids is 1. The number of hydrogen-bond acceptors (Lipinski definition) is 4. The van der Waals surface area contributed by atoms with Crippen molar-refractivity contribution in [2.45, 2.75) is 44.6 Å². The van der Waals surface area contributed by atoms with E-state index in [0.717, 1.165) is 12.1 Å². The topological polar surface area (TPSA) is 92.2 Å². The molecule has 4 rings (SSSR count). The van der Waals surface area contributed by atoms with Gasteiger partial charge in [0.05, 0.1) is 33.9 Å². The average molecular weight is 590 g/mol. The number of nitrogens with one attached hydrogen (secondary N) is 1. The van der Waals surface area contributed by atoms with Crippen LogP contribution in [0.1, 0.15) is 53.0 Å². The first kappa shape index (κ1) is 30.5. The first-order valence-corrected chi connectivity index (χ1v) is 12.9. The van der Waals surface area contributed by atoms with Gasteiger partial charge >= 0.3 is 18.3 Å². The molecule has 0 radical (unpaired) electrons. The smallest absolute Gasteiger partial charge is 0.416 e. The molecule has 0 bridgehead atoms. The van der Waals surface area contributed by atoms with Crippen LogP contribution in [-0.4, -0.2) is 33.1 Å². The molecule has 2 unspecified atom stereocenters. The molecule has 3 aromatic carbocycles. The predicted molar refractivity (Wildman–Crippen MR) is 142 cm³/mol. The van der Waals surface area contributed by atoms with Crippen LogP contribution in [0.3, 0.4) is 0 Å². The van der Waals surface area contributed by atoms with Gasteiger partial charge in [0.2, 0.25) is 0 Å². The summed E-state index contributed by atoms with van der Waals surface area (Å²) in [5, 5.41) is 11.2. The molecule has 2 N–H and O–H groups in total. The van der Waals surface area contributed by atoms with Gasteiger partial charge in [-0.15, -0.1) is 0 Å². The number of carbonyl (C=O) groups excluding carboxylic acids is 1. The molecule has 0 saturated carbocycles. The zero-order valence-corrected chi connectivity index (χ0v) is 22.1. The second-order valence-electron chi connectivity index (χ2n) is 9.79. The summed E-state index contributed by atoms with van der Waals surface area (Å²) in [4.78, 5) is 33.2. The van der Waals surface area contributed by atoms with Gasteiger partial charge in [0.15, 0.2) is 6.04 Å². The Kier molecular flexibility index (Phi) is 8.83. The second kappa shape index (κ2) is 12.2. The standard InChI is InChI=1S/C30H25F6N3O3/c1-17(28(41)42)6-5-9-23-25(18-10-13-21(14-11-18)29(31,32)33)38-22-15-12-20(16-24(22)37-23)27(40)39-26(30(34,35)36)19-7-3-2-4-8-19/h2-4,7-8,10-17,26H,5-6,9H2,1H3,(H,39,40)(H,41,42). The van der Waals surface area contributed by atoms with Gasteiger partial charge in [0.1, 0.15) is 0 Å². The van der Waals surface area contributed by atoms with Crippen molar-refractivity contribution in [1.82, 2.24) is 15.3 Å². The number of carboxylic acids is 1. The maximum absolute atomic E-state index is 13.8. The molecule has 0 fully saturated rings. The van der Waals surface area contributed by atoms with Gasteiger partial charge in [-0.2, -0.15) is 26.3 Å². The Morgan fingerprint density at radius 3 is 2.14 bits per heavy atom. The summed E-state index contributed by atoms with van der Waals surface area (Å²) in [7, 11) is 0. The van der Waals surface area contributed by atoms with E-state index >= 15 is 0 Å². The first-order chi connectivity index (χ1) is 19.7. The predicted octanol–water partition coefficient (Wildman–Crippen LogP) is 7.39. The van der Waals surface area contributed by atoms with E-state index in [1.165, 1.54) is 54.6 Å². The molecule has 6 nitrogen and oxygen atoms in total. The maximum Gasteiger partial charge on any atom is 0.416 e. The number of rotatable bonds is 9. The molecule has 1 aromatic heterocycles. The van der Waals surface area contributed by atoms with Gasteiger partial charge in [-0.05, 0) is 55.2 Å². The van der Waals surface area contributed by atoms with Crippen LogP contribution < -0.4 is 5.32 Å². The van der Waals surface area contributed by atoms with Gasteiger partial charge in [-0.3, -0.25) is 9.59 Å². The number of nitrogens with zero attached hydrogens (tertiary/aromatic N) is 2. The molecule has 4 aromatic rings. The quantitative estimate of drug-likeness (QED) is 0.199. The number of alkyl halides is 6. The number of aromatic nitrogens is 2. The third kappa shape index (κ3) is 7.23. The van der Waals surface area contributed by atoms with E-state index in [2.05, 4.69) is 9.97 Å². The number of amides is 1. The van der Waals surface area contributed by atoms with Gasteiger partial charge in [0, 0.05) is 11.1 Å². The Balaban J connectivity index is 1.69. The number of fused-ring (bicyclic) bond motifs is 1. The van der Waals surface area contributed by atoms with E-state index in [1.54, 1.807) is 13.0 Å². The van der Waals surface area contributed by atoms with Crippen molar-refractivity contribution in [2.24, 2.45) is 5.92 Å². The molecule has 0 aliphatic carbocycles. The van der Waals surface area contributed by atoms with E-state index in [-0.39, 0.29) is 34.3 Å². The molecule has 220 valence electrons. The lowest BCUT2D eigenvalue weighted by Gasteiger charge is -2.22. The Morgan fingerprint density at radius 1 is 0.881 bits per heavy atom. The van der Waals surface area contributed by atoms with E-state index in [1.807, 2.05) is 5.32 Å². The fourth-order valence-corrected chi connectivity index (χ4v) is 4.37. The van der Waals surface area contributed by atoms with Gasteiger partial charge in [-0.25, -0.2) is 9.97 Å². The van der Waals surface area contributed by atoms with Crippen molar-refractivity contribution >= 4 is 22.9 Å². The summed E-state index contributed by atoms with van der Waals surface area (Å²) in [5.74, 6) is -2.62. The molecule has 42 heavy (non-hydrogen) atoms. The van der Waals surface area contributed by atoms with E-state index in [9.17, 15) is 41.0 Å². The molecule has 0 saturated heterocycles. The van der Waals surface area contributed by atoms with Crippen molar-refractivity contribution in [3.63, 3.8) is 0 Å². The van der Waals surface area contributed by atoms with Crippen LogP contribution in [0.25, 0.3) is 22.3 Å². The largest absolute Gasteiger partial charge is 0.481 e. The second-order valence-corrected chi connectivity index (χ2v) is 9.79. The van der Waals surface area contributed by atoms with Crippen LogP contribution in [0.15, 0.2) is 72.8 Å². The lowest BCUT2D eigenvalue weighted by molar-refractivity contribution is -0.155. The Labute approximate surface area is 236 Å². The first-order valence-electron chi connectivity index (χ1n) is 12.9. The van der Waals surface area contributed by atoms with Crippen LogP contribution in [-0.2, 0) is 17.4 Å². The Morgan fingerprint density at radius 2 is 1.55 bits per heavy atom. The van der Waals surface area contributed by atoms with Crippen LogP contribution in [0.2, 0.25) is 0 Å².